The van der Waals surface area contributed by atoms with Crippen molar-refractivity contribution >= 4 is 5.57 Å². The molecule has 18 heavy (non-hydrogen) atoms. The summed E-state index contributed by atoms with van der Waals surface area (Å²) >= 11 is 0. The fourth-order valence-corrected chi connectivity index (χ4v) is 3.96. The zero-order valence-electron chi connectivity index (χ0n) is 12.1. The predicted molar refractivity (Wildman–Crippen MR) is 78.8 cm³/mol. The Hall–Kier alpha value is -1.30. The summed E-state index contributed by atoms with van der Waals surface area (Å²) in [6, 6.07) is 4.72. The number of hydrogen-bond acceptors (Lipinski definition) is 0. The Bertz CT molecular complexity index is 582. The van der Waals surface area contributed by atoms with Gasteiger partial charge in [0.1, 0.15) is 0 Å². The molecule has 0 aromatic heterocycles. The third-order valence-corrected chi connectivity index (χ3v) is 4.63. The minimum atomic E-state index is 0.174. The lowest BCUT2D eigenvalue weighted by atomic mass is 9.77. The summed E-state index contributed by atoms with van der Waals surface area (Å²) in [6.07, 6.45) is 5.89. The summed E-state index contributed by atoms with van der Waals surface area (Å²) in [5, 5.41) is 0. The molecular weight excluding hydrogens is 216 g/mol. The van der Waals surface area contributed by atoms with Gasteiger partial charge in [0.25, 0.3) is 0 Å². The van der Waals surface area contributed by atoms with E-state index >= 15 is 0 Å². The minimum absolute atomic E-state index is 0.174. The molecule has 0 amide bonds. The average Bonchev–Trinajstić information content (AvgIpc) is 2.48. The molecule has 0 heterocycles. The van der Waals surface area contributed by atoms with Crippen LogP contribution < -0.4 is 0 Å². The number of aryl methyl sites for hydroxylation is 2. The molecule has 3 rings (SSSR count). The number of benzene rings is 1. The highest BCUT2D eigenvalue weighted by Gasteiger charge is 2.39. The Morgan fingerprint density at radius 2 is 1.89 bits per heavy atom. The number of fused-ring (bicyclic) bond motifs is 2. The molecule has 0 aliphatic heterocycles. The summed E-state index contributed by atoms with van der Waals surface area (Å²) < 4.78 is 0. The van der Waals surface area contributed by atoms with E-state index in [1.807, 2.05) is 0 Å². The van der Waals surface area contributed by atoms with Crippen LogP contribution in [-0.4, -0.2) is 0 Å². The van der Waals surface area contributed by atoms with Crippen LogP contribution in [-0.2, 0) is 5.41 Å². The van der Waals surface area contributed by atoms with Crippen LogP contribution in [0, 0.1) is 19.8 Å². The first-order chi connectivity index (χ1) is 8.43. The van der Waals surface area contributed by atoms with Gasteiger partial charge in [0.05, 0.1) is 0 Å². The quantitative estimate of drug-likeness (QED) is 0.600. The lowest BCUT2D eigenvalue weighted by molar-refractivity contribution is 0.639. The van der Waals surface area contributed by atoms with Crippen molar-refractivity contribution in [1.82, 2.24) is 0 Å². The number of hydrogen-bond donors (Lipinski definition) is 0. The van der Waals surface area contributed by atoms with Crippen LogP contribution in [0.4, 0.5) is 0 Å². The summed E-state index contributed by atoms with van der Waals surface area (Å²) in [5.74, 6) is 0.659. The van der Waals surface area contributed by atoms with Crippen LogP contribution >= 0.6 is 0 Å². The molecule has 94 valence electrons. The second-order valence-corrected chi connectivity index (χ2v) is 6.50. The van der Waals surface area contributed by atoms with Gasteiger partial charge in [0, 0.05) is 5.41 Å². The number of rotatable bonds is 0. The molecule has 1 aromatic rings. The molecule has 2 aliphatic carbocycles. The normalized spacial score (nSPS) is 24.2. The van der Waals surface area contributed by atoms with Gasteiger partial charge in [-0.1, -0.05) is 50.6 Å². The average molecular weight is 238 g/mol. The molecule has 1 unspecified atom stereocenters. The Kier molecular flexibility index (Phi) is 2.35. The standard InChI is InChI=1S/C18H22/c1-11-9-13(3)17-14(10-11)16-12(2)7-6-8-15(16)18(17,4)5/h6,8-10,12H,7H2,1-5H3. The van der Waals surface area contributed by atoms with Crippen molar-refractivity contribution in [2.24, 2.45) is 5.92 Å². The van der Waals surface area contributed by atoms with Gasteiger partial charge in [0.15, 0.2) is 0 Å². The van der Waals surface area contributed by atoms with Crippen molar-refractivity contribution < 1.29 is 0 Å². The molecule has 2 aliphatic rings. The van der Waals surface area contributed by atoms with Gasteiger partial charge in [-0.3, -0.25) is 0 Å². The van der Waals surface area contributed by atoms with Crippen molar-refractivity contribution in [2.75, 3.05) is 0 Å². The first-order valence-electron chi connectivity index (χ1n) is 6.96. The molecule has 0 saturated heterocycles. The summed E-state index contributed by atoms with van der Waals surface area (Å²) in [4.78, 5) is 0. The third-order valence-electron chi connectivity index (χ3n) is 4.63. The molecule has 0 nitrogen and oxygen atoms in total. The van der Waals surface area contributed by atoms with E-state index in [0.29, 0.717) is 5.92 Å². The molecule has 0 fully saturated rings. The maximum absolute atomic E-state index is 2.39. The molecule has 0 spiro atoms. The summed E-state index contributed by atoms with van der Waals surface area (Å²) in [6.45, 7) is 11.6. The van der Waals surface area contributed by atoms with Crippen LogP contribution in [0.15, 0.2) is 29.9 Å². The zero-order valence-corrected chi connectivity index (χ0v) is 12.1. The molecule has 0 bridgehead atoms. The van der Waals surface area contributed by atoms with Gasteiger partial charge in [-0.25, -0.2) is 0 Å². The smallest absolute Gasteiger partial charge is 0.0158 e. The Morgan fingerprint density at radius 1 is 1.17 bits per heavy atom. The molecular formula is C18H22. The van der Waals surface area contributed by atoms with Crippen LogP contribution in [0.2, 0.25) is 0 Å². The zero-order chi connectivity index (χ0) is 13.1. The van der Waals surface area contributed by atoms with Crippen LogP contribution in [0.25, 0.3) is 5.57 Å². The fourth-order valence-electron chi connectivity index (χ4n) is 3.96. The van der Waals surface area contributed by atoms with Gasteiger partial charge in [-0.05, 0) is 54.0 Å². The fraction of sp³-hybridized carbons (Fsp3) is 0.444. The maximum Gasteiger partial charge on any atom is 0.0158 e. The van der Waals surface area contributed by atoms with Crippen LogP contribution in [0.1, 0.15) is 49.4 Å². The van der Waals surface area contributed by atoms with Crippen molar-refractivity contribution in [3.63, 3.8) is 0 Å². The monoisotopic (exact) mass is 238 g/mol. The first kappa shape index (κ1) is 11.8. The molecule has 0 heteroatoms. The van der Waals surface area contributed by atoms with Crippen molar-refractivity contribution in [3.05, 3.63) is 52.1 Å². The Balaban J connectivity index is 2.36. The highest BCUT2D eigenvalue weighted by atomic mass is 14.4. The summed E-state index contributed by atoms with van der Waals surface area (Å²) in [5.41, 5.74) is 9.23. The first-order valence-corrected chi connectivity index (χ1v) is 6.96. The summed E-state index contributed by atoms with van der Waals surface area (Å²) in [7, 11) is 0. The van der Waals surface area contributed by atoms with E-state index in [1.54, 1.807) is 16.7 Å². The Labute approximate surface area is 110 Å². The van der Waals surface area contributed by atoms with Gasteiger partial charge >= 0.3 is 0 Å². The molecule has 1 atom stereocenters. The maximum atomic E-state index is 2.39. The van der Waals surface area contributed by atoms with Crippen LogP contribution in [0.5, 0.6) is 0 Å². The largest absolute Gasteiger partial charge is 0.0836 e. The van der Waals surface area contributed by atoms with E-state index < -0.39 is 0 Å². The van der Waals surface area contributed by atoms with Crippen molar-refractivity contribution in [2.45, 2.75) is 46.5 Å². The van der Waals surface area contributed by atoms with E-state index in [4.69, 9.17) is 0 Å². The van der Waals surface area contributed by atoms with E-state index in [1.165, 1.54) is 23.1 Å². The van der Waals surface area contributed by atoms with Gasteiger partial charge in [0.2, 0.25) is 0 Å². The highest BCUT2D eigenvalue weighted by molar-refractivity contribution is 5.85. The van der Waals surface area contributed by atoms with Gasteiger partial charge < -0.3 is 0 Å². The van der Waals surface area contributed by atoms with Gasteiger partial charge in [-0.15, -0.1) is 0 Å². The second kappa shape index (κ2) is 3.60. The number of allylic oxidation sites excluding steroid dienone is 4. The SMILES string of the molecule is Cc1cc(C)c2c(c1)C1=C(C=CCC1C)C2(C)C. The van der Waals surface area contributed by atoms with E-state index in [0.717, 1.165) is 0 Å². The van der Waals surface area contributed by atoms with E-state index in [-0.39, 0.29) is 5.41 Å². The lowest BCUT2D eigenvalue weighted by Crippen LogP contribution is -2.18. The molecule has 0 radical (unpaired) electrons. The molecule has 0 saturated carbocycles. The van der Waals surface area contributed by atoms with Crippen LogP contribution in [0.3, 0.4) is 0 Å². The van der Waals surface area contributed by atoms with Crippen molar-refractivity contribution in [1.29, 1.82) is 0 Å². The topological polar surface area (TPSA) is 0 Å². The van der Waals surface area contributed by atoms with Crippen molar-refractivity contribution in [3.8, 4) is 0 Å². The molecule has 0 N–H and O–H groups in total. The van der Waals surface area contributed by atoms with Gasteiger partial charge in [-0.2, -0.15) is 0 Å². The molecule has 1 aromatic carbocycles. The highest BCUT2D eigenvalue weighted by Crippen LogP contribution is 2.52. The predicted octanol–water partition coefficient (Wildman–Crippen LogP) is 4.94. The van der Waals surface area contributed by atoms with E-state index in [2.05, 4.69) is 58.9 Å². The van der Waals surface area contributed by atoms with E-state index in [9.17, 15) is 0 Å². The second-order valence-electron chi connectivity index (χ2n) is 6.50. The minimum Gasteiger partial charge on any atom is -0.0836 e. The Morgan fingerprint density at radius 3 is 2.61 bits per heavy atom. The lowest BCUT2D eigenvalue weighted by Gasteiger charge is -2.26. The third kappa shape index (κ3) is 1.38.